The maximum absolute atomic E-state index is 14.3. The Bertz CT molecular complexity index is 1330. The molecule has 2 rings (SSSR count). The SMILES string of the molecule is CC1=CN(C2CC(O[Si](C)(C)C(C)(C)C)C(CO[Si](C)(C)C(C)(C)C)O2)C(O)N=C1OCCC(F)(F)C(F)(F)C(F)(F)C(F)(F)C(F)(F)C(F)(F)F. The zero-order valence-corrected chi connectivity index (χ0v) is 32.6. The fourth-order valence-corrected chi connectivity index (χ4v) is 6.83. The molecule has 4 unspecified atom stereocenters. The molecular weight excluding hydrogens is 771 g/mol. The second-order valence-corrected chi connectivity index (χ2v) is 25.6. The monoisotopic (exact) mass is 818 g/mol. The minimum atomic E-state index is -7.99. The molecule has 0 aromatic heterocycles. The van der Waals surface area contributed by atoms with Crippen LogP contribution in [0.1, 0.15) is 61.3 Å². The fraction of sp³-hybridized carbons (Fsp3) is 0.900. The summed E-state index contributed by atoms with van der Waals surface area (Å²) >= 11 is 0. The molecule has 1 fully saturated rings. The third-order valence-electron chi connectivity index (χ3n) is 10.0. The van der Waals surface area contributed by atoms with Gasteiger partial charge in [-0.05, 0) is 43.2 Å². The van der Waals surface area contributed by atoms with Gasteiger partial charge in [-0.3, -0.25) is 0 Å². The van der Waals surface area contributed by atoms with Crippen molar-refractivity contribution in [3.05, 3.63) is 11.8 Å². The number of aliphatic hydroxyl groups is 1. The molecule has 0 aromatic rings. The molecule has 2 aliphatic heterocycles. The second-order valence-electron chi connectivity index (χ2n) is 16.0. The summed E-state index contributed by atoms with van der Waals surface area (Å²) in [5, 5.41) is 10.5. The molecular formula is C30H47F13N2O5Si2. The highest BCUT2D eigenvalue weighted by Gasteiger charge is 2.90. The molecule has 0 bridgehead atoms. The molecule has 0 spiro atoms. The van der Waals surface area contributed by atoms with Gasteiger partial charge < -0.3 is 28.3 Å². The Balaban J connectivity index is 2.24. The van der Waals surface area contributed by atoms with E-state index in [0.717, 1.165) is 0 Å². The first-order valence-corrected chi connectivity index (χ1v) is 21.9. The number of rotatable bonds is 13. The van der Waals surface area contributed by atoms with E-state index in [1.165, 1.54) is 18.0 Å². The van der Waals surface area contributed by atoms with Crippen molar-refractivity contribution in [2.24, 2.45) is 4.99 Å². The van der Waals surface area contributed by atoms with Crippen LogP contribution in [0.3, 0.4) is 0 Å². The Morgan fingerprint density at radius 1 is 0.788 bits per heavy atom. The molecule has 7 nitrogen and oxygen atoms in total. The molecule has 0 amide bonds. The first-order chi connectivity index (χ1) is 22.8. The van der Waals surface area contributed by atoms with Gasteiger partial charge in [0.1, 0.15) is 12.3 Å². The normalized spacial score (nSPS) is 23.9. The maximum atomic E-state index is 14.3. The van der Waals surface area contributed by atoms with Crippen LogP contribution in [0.15, 0.2) is 16.8 Å². The van der Waals surface area contributed by atoms with Crippen LogP contribution in [0.4, 0.5) is 57.1 Å². The van der Waals surface area contributed by atoms with Crippen LogP contribution in [0.5, 0.6) is 0 Å². The molecule has 4 atom stereocenters. The zero-order valence-electron chi connectivity index (χ0n) is 30.6. The van der Waals surface area contributed by atoms with Crippen molar-refractivity contribution in [3.63, 3.8) is 0 Å². The Morgan fingerprint density at radius 2 is 1.27 bits per heavy atom. The predicted molar refractivity (Wildman–Crippen MR) is 169 cm³/mol. The lowest BCUT2D eigenvalue weighted by Crippen LogP contribution is -2.70. The Labute approximate surface area is 296 Å². The molecule has 52 heavy (non-hydrogen) atoms. The molecule has 0 aliphatic carbocycles. The smallest absolute Gasteiger partial charge is 0.460 e. The number of ether oxygens (including phenoxy) is 2. The van der Waals surface area contributed by atoms with E-state index in [1.54, 1.807) is 0 Å². The van der Waals surface area contributed by atoms with Gasteiger partial charge in [0.25, 0.3) is 0 Å². The van der Waals surface area contributed by atoms with Crippen LogP contribution in [-0.2, 0) is 18.3 Å². The number of aliphatic imine (C=N–C) groups is 1. The molecule has 0 aromatic carbocycles. The standard InChI is InChI=1S/C30H47F13N2O5Si2/c1-17-15-45(20-14-18(50-52(10,11)24(5,6)7)19(49-20)16-48-51(8,9)23(2,3)4)22(46)44-21(17)47-13-12-25(31,32)26(33,34)27(35,36)28(37,38)29(39,40)30(41,42)43/h15,18-20,22,46H,12-14,16H2,1-11H3. The van der Waals surface area contributed by atoms with E-state index < -0.39 is 96.1 Å². The van der Waals surface area contributed by atoms with E-state index in [4.69, 9.17) is 18.3 Å². The highest BCUT2D eigenvalue weighted by atomic mass is 28.4. The van der Waals surface area contributed by atoms with E-state index in [2.05, 4.69) is 25.8 Å². The molecule has 0 radical (unpaired) electrons. The van der Waals surface area contributed by atoms with E-state index in [1.807, 2.05) is 47.0 Å². The van der Waals surface area contributed by atoms with Crippen LogP contribution in [0.25, 0.3) is 0 Å². The summed E-state index contributed by atoms with van der Waals surface area (Å²) in [6, 6.07) is 0. The Kier molecular flexibility index (Phi) is 12.9. The van der Waals surface area contributed by atoms with Gasteiger partial charge in [-0.2, -0.15) is 62.1 Å². The summed E-state index contributed by atoms with van der Waals surface area (Å²) in [5.41, 5.74) is -0.0477. The van der Waals surface area contributed by atoms with Gasteiger partial charge >= 0.3 is 35.8 Å². The van der Waals surface area contributed by atoms with Crippen molar-refractivity contribution < 1.29 is 80.5 Å². The lowest BCUT2D eigenvalue weighted by molar-refractivity contribution is -0.440. The van der Waals surface area contributed by atoms with E-state index >= 15 is 0 Å². The van der Waals surface area contributed by atoms with Gasteiger partial charge in [0, 0.05) is 18.2 Å². The van der Waals surface area contributed by atoms with Crippen molar-refractivity contribution >= 4 is 22.5 Å². The van der Waals surface area contributed by atoms with Gasteiger partial charge in [0.15, 0.2) is 16.6 Å². The number of nitrogens with zero attached hydrogens (tertiary/aromatic N) is 2. The molecule has 2 aliphatic rings. The second kappa shape index (κ2) is 14.5. The summed E-state index contributed by atoms with van der Waals surface area (Å²) < 4.78 is 199. The fourth-order valence-electron chi connectivity index (χ4n) is 4.46. The average molecular weight is 819 g/mol. The van der Waals surface area contributed by atoms with Gasteiger partial charge in [0.05, 0.1) is 25.7 Å². The summed E-state index contributed by atoms with van der Waals surface area (Å²) in [5.74, 6) is -38.1. The number of aliphatic hydroxyl groups excluding tert-OH is 1. The lowest BCUT2D eigenvalue weighted by Gasteiger charge is -2.40. The van der Waals surface area contributed by atoms with Crippen LogP contribution in [0.2, 0.25) is 36.3 Å². The molecule has 22 heteroatoms. The Hall–Kier alpha value is -1.63. The highest BCUT2D eigenvalue weighted by Crippen LogP contribution is 2.60. The van der Waals surface area contributed by atoms with Crippen LogP contribution in [-0.4, -0.2) is 106 Å². The third-order valence-corrected chi connectivity index (χ3v) is 19.0. The topological polar surface area (TPSA) is 72.8 Å². The average Bonchev–Trinajstić information content (AvgIpc) is 3.32. The quantitative estimate of drug-likeness (QED) is 0.148. The minimum Gasteiger partial charge on any atom is -0.477 e. The number of alkyl halides is 13. The maximum Gasteiger partial charge on any atom is 0.460 e. The van der Waals surface area contributed by atoms with Crippen molar-refractivity contribution in [1.82, 2.24) is 4.90 Å². The molecule has 2 heterocycles. The van der Waals surface area contributed by atoms with Gasteiger partial charge in [-0.15, -0.1) is 0 Å². The van der Waals surface area contributed by atoms with Crippen molar-refractivity contribution in [3.8, 4) is 0 Å². The largest absolute Gasteiger partial charge is 0.477 e. The first-order valence-electron chi connectivity index (χ1n) is 16.1. The lowest BCUT2D eigenvalue weighted by atomic mass is 9.93. The van der Waals surface area contributed by atoms with Crippen molar-refractivity contribution in [2.45, 2.75) is 158 Å². The molecule has 1 N–H and O–H groups in total. The minimum absolute atomic E-state index is 0.0477. The first kappa shape index (κ1) is 46.5. The summed E-state index contributed by atoms with van der Waals surface area (Å²) in [6.45, 7) is 20.1. The highest BCUT2D eigenvalue weighted by molar-refractivity contribution is 6.74. The van der Waals surface area contributed by atoms with Gasteiger partial charge in [-0.1, -0.05) is 41.5 Å². The Morgan fingerprint density at radius 3 is 1.73 bits per heavy atom. The van der Waals surface area contributed by atoms with E-state index in [9.17, 15) is 62.2 Å². The zero-order chi connectivity index (χ0) is 41.1. The van der Waals surface area contributed by atoms with E-state index in [0.29, 0.717) is 0 Å². The van der Waals surface area contributed by atoms with E-state index in [-0.39, 0.29) is 28.7 Å². The summed E-state index contributed by atoms with van der Waals surface area (Å²) in [6.07, 6.45) is -12.5. The number of hydrogen-bond donors (Lipinski definition) is 1. The van der Waals surface area contributed by atoms with Gasteiger partial charge in [0.2, 0.25) is 12.2 Å². The third kappa shape index (κ3) is 8.75. The van der Waals surface area contributed by atoms with Crippen molar-refractivity contribution in [2.75, 3.05) is 13.2 Å². The van der Waals surface area contributed by atoms with Crippen LogP contribution in [0, 0.1) is 0 Å². The molecule has 306 valence electrons. The van der Waals surface area contributed by atoms with Crippen molar-refractivity contribution in [1.29, 1.82) is 0 Å². The summed E-state index contributed by atoms with van der Waals surface area (Å²) in [7, 11) is -4.65. The van der Waals surface area contributed by atoms with Crippen LogP contribution >= 0.6 is 0 Å². The van der Waals surface area contributed by atoms with Crippen LogP contribution < -0.4 is 0 Å². The number of halogens is 13. The predicted octanol–water partition coefficient (Wildman–Crippen LogP) is 9.55. The molecule has 0 saturated carbocycles. The summed E-state index contributed by atoms with van der Waals surface area (Å²) in [4.78, 5) is 4.96. The molecule has 1 saturated heterocycles. The van der Waals surface area contributed by atoms with Gasteiger partial charge in [-0.25, -0.2) is 0 Å². The number of hydrogen-bond acceptors (Lipinski definition) is 7.